The summed E-state index contributed by atoms with van der Waals surface area (Å²) in [6.45, 7) is 18.3. The lowest BCUT2D eigenvalue weighted by Gasteiger charge is -2.59. The third-order valence-corrected chi connectivity index (χ3v) is 11.3. The third-order valence-electron chi connectivity index (χ3n) is 8.22. The van der Waals surface area contributed by atoms with E-state index in [1.807, 2.05) is 31.2 Å². The molecule has 4 atom stereocenters. The van der Waals surface area contributed by atoms with Crippen LogP contribution in [0.3, 0.4) is 0 Å². The van der Waals surface area contributed by atoms with Crippen LogP contribution in [0.2, 0.25) is 6.04 Å². The molecule has 2 rings (SSSR count). The first-order valence-electron chi connectivity index (χ1n) is 12.3. The topological polar surface area (TPSA) is 56.8 Å². The van der Waals surface area contributed by atoms with E-state index in [0.29, 0.717) is 30.0 Å². The Hall–Kier alpha value is -1.21. The molecule has 1 aromatic rings. The van der Waals surface area contributed by atoms with E-state index in [2.05, 4.69) is 53.8 Å². The van der Waals surface area contributed by atoms with Gasteiger partial charge in [-0.15, -0.1) is 0 Å². The van der Waals surface area contributed by atoms with Crippen LogP contribution in [0.4, 0.5) is 0 Å². The van der Waals surface area contributed by atoms with Crippen LogP contribution in [0.1, 0.15) is 83.7 Å². The van der Waals surface area contributed by atoms with Gasteiger partial charge in [0.25, 0.3) is 5.91 Å². The van der Waals surface area contributed by atoms with Gasteiger partial charge in [-0.2, -0.15) is 0 Å². The van der Waals surface area contributed by atoms with E-state index in [1.54, 1.807) is 7.11 Å². The molecule has 0 aliphatic carbocycles. The molecule has 1 aliphatic heterocycles. The summed E-state index contributed by atoms with van der Waals surface area (Å²) in [6.07, 6.45) is 2.83. The Kier molecular flexibility index (Phi) is 9.13. The summed E-state index contributed by atoms with van der Waals surface area (Å²) in [5.74, 6) is 0.948. The number of benzene rings is 1. The van der Waals surface area contributed by atoms with Crippen molar-refractivity contribution in [2.75, 3.05) is 13.7 Å². The number of carbonyl (C=O) groups excluding carboxylic acids is 1. The van der Waals surface area contributed by atoms with Gasteiger partial charge in [0, 0.05) is 31.2 Å². The summed E-state index contributed by atoms with van der Waals surface area (Å²) in [7, 11) is -1.21. The van der Waals surface area contributed by atoms with Crippen LogP contribution >= 0.6 is 0 Å². The highest BCUT2D eigenvalue weighted by molar-refractivity contribution is 6.61. The molecule has 5 nitrogen and oxygen atoms in total. The molecule has 6 heteroatoms. The first kappa shape index (κ1) is 27.0. The second-order valence-corrected chi connectivity index (χ2v) is 12.7. The fourth-order valence-corrected chi connectivity index (χ4v) is 8.23. The van der Waals surface area contributed by atoms with Crippen molar-refractivity contribution in [1.82, 2.24) is 5.32 Å². The average molecular weight is 464 g/mol. The number of hydrogen-bond acceptors (Lipinski definition) is 4. The highest BCUT2D eigenvalue weighted by Gasteiger charge is 2.62. The molecule has 0 aromatic heterocycles. The van der Waals surface area contributed by atoms with Gasteiger partial charge in [0.15, 0.2) is 0 Å². The third kappa shape index (κ3) is 5.46. The monoisotopic (exact) mass is 463 g/mol. The van der Waals surface area contributed by atoms with Gasteiger partial charge in [-0.3, -0.25) is 4.79 Å². The molecular weight excluding hydrogens is 418 g/mol. The van der Waals surface area contributed by atoms with E-state index in [-0.39, 0.29) is 23.0 Å². The number of nitrogens with one attached hydrogen (secondary N) is 1. The van der Waals surface area contributed by atoms with Crippen molar-refractivity contribution in [3.63, 3.8) is 0 Å². The van der Waals surface area contributed by atoms with Crippen molar-refractivity contribution < 1.29 is 18.1 Å². The molecular formula is C26H45NO4Si. The predicted molar refractivity (Wildman–Crippen MR) is 133 cm³/mol. The Bertz CT molecular complexity index is 729. The van der Waals surface area contributed by atoms with Crippen LogP contribution in [-0.2, 0) is 13.3 Å². The SMILES string of the molecule is CCC(C)C1(C)O[Si](CCCNC(=O)c2ccc(C)cc2)(OC)OC(C)(C(C)CC)C1C. The molecule has 1 amide bonds. The number of rotatable bonds is 10. The van der Waals surface area contributed by atoms with E-state index in [1.165, 1.54) is 0 Å². The van der Waals surface area contributed by atoms with E-state index < -0.39 is 8.80 Å². The Morgan fingerprint density at radius 1 is 1.09 bits per heavy atom. The summed E-state index contributed by atoms with van der Waals surface area (Å²) in [6, 6.07) is 8.32. The van der Waals surface area contributed by atoms with E-state index >= 15 is 0 Å². The fourth-order valence-electron chi connectivity index (χ4n) is 4.90. The molecule has 182 valence electrons. The minimum Gasteiger partial charge on any atom is -0.377 e. The molecule has 0 radical (unpaired) electrons. The van der Waals surface area contributed by atoms with Gasteiger partial charge in [0.1, 0.15) is 0 Å². The number of amides is 1. The molecule has 0 bridgehead atoms. The molecule has 4 unspecified atom stereocenters. The molecule has 0 saturated carbocycles. The predicted octanol–water partition coefficient (Wildman–Crippen LogP) is 5.99. The summed E-state index contributed by atoms with van der Waals surface area (Å²) >= 11 is 0. The Labute approximate surface area is 197 Å². The van der Waals surface area contributed by atoms with Gasteiger partial charge >= 0.3 is 8.80 Å². The van der Waals surface area contributed by atoms with Crippen LogP contribution in [0, 0.1) is 24.7 Å². The van der Waals surface area contributed by atoms with E-state index in [9.17, 15) is 4.79 Å². The second-order valence-electron chi connectivity index (χ2n) is 10.0. The van der Waals surface area contributed by atoms with E-state index in [4.69, 9.17) is 13.3 Å². The van der Waals surface area contributed by atoms with Crippen LogP contribution in [0.5, 0.6) is 0 Å². The second kappa shape index (κ2) is 10.8. The minimum atomic E-state index is -2.94. The Balaban J connectivity index is 2.15. The molecule has 1 fully saturated rings. The summed E-state index contributed by atoms with van der Waals surface area (Å²) < 4.78 is 19.8. The molecule has 1 N–H and O–H groups in total. The lowest BCUT2D eigenvalue weighted by molar-refractivity contribution is -0.214. The summed E-state index contributed by atoms with van der Waals surface area (Å²) in [5, 5.41) is 3.03. The largest absolute Gasteiger partial charge is 0.501 e. The zero-order valence-corrected chi connectivity index (χ0v) is 22.7. The van der Waals surface area contributed by atoms with Crippen LogP contribution < -0.4 is 5.32 Å². The number of carbonyl (C=O) groups is 1. The van der Waals surface area contributed by atoms with Gasteiger partial charge in [-0.1, -0.05) is 65.2 Å². The number of aryl methyl sites for hydroxylation is 1. The zero-order valence-electron chi connectivity index (χ0n) is 21.7. The van der Waals surface area contributed by atoms with Gasteiger partial charge in [0.2, 0.25) is 0 Å². The Morgan fingerprint density at radius 2 is 1.59 bits per heavy atom. The van der Waals surface area contributed by atoms with Crippen molar-refractivity contribution in [2.24, 2.45) is 17.8 Å². The molecule has 32 heavy (non-hydrogen) atoms. The van der Waals surface area contributed by atoms with Crippen molar-refractivity contribution in [1.29, 1.82) is 0 Å². The lowest BCUT2D eigenvalue weighted by Crippen LogP contribution is -2.70. The van der Waals surface area contributed by atoms with Crippen molar-refractivity contribution in [3.05, 3.63) is 35.4 Å². The quantitative estimate of drug-likeness (QED) is 0.342. The molecule has 1 saturated heterocycles. The smallest absolute Gasteiger partial charge is 0.377 e. The number of hydrogen-bond donors (Lipinski definition) is 1. The van der Waals surface area contributed by atoms with Crippen LogP contribution in [-0.4, -0.2) is 39.6 Å². The standard InChI is InChI=1S/C26H45NO4Si/c1-10-20(4)25(7)22(6)26(8,21(5)11-2)31-32(29-9,30-25)18-12-17-27-24(28)23-15-13-19(3)14-16-23/h13-16,20-22H,10-12,17-18H2,1-9H3,(H,27,28). The first-order chi connectivity index (χ1) is 15.0. The van der Waals surface area contributed by atoms with Gasteiger partial charge in [-0.05, 0) is 51.2 Å². The highest BCUT2D eigenvalue weighted by Crippen LogP contribution is 2.51. The van der Waals surface area contributed by atoms with Crippen LogP contribution in [0.25, 0.3) is 0 Å². The van der Waals surface area contributed by atoms with Crippen LogP contribution in [0.15, 0.2) is 24.3 Å². The maximum absolute atomic E-state index is 12.5. The maximum atomic E-state index is 12.5. The summed E-state index contributed by atoms with van der Waals surface area (Å²) in [4.78, 5) is 12.5. The normalized spacial score (nSPS) is 32.3. The maximum Gasteiger partial charge on any atom is 0.501 e. The molecule has 1 aromatic carbocycles. The van der Waals surface area contributed by atoms with Crippen molar-refractivity contribution in [3.8, 4) is 0 Å². The van der Waals surface area contributed by atoms with Gasteiger partial charge in [0.05, 0.1) is 11.2 Å². The average Bonchev–Trinajstić information content (AvgIpc) is 2.79. The highest BCUT2D eigenvalue weighted by atomic mass is 28.4. The molecule has 1 heterocycles. The lowest BCUT2D eigenvalue weighted by atomic mass is 9.67. The molecule has 0 spiro atoms. The van der Waals surface area contributed by atoms with Crippen molar-refractivity contribution >= 4 is 14.7 Å². The minimum absolute atomic E-state index is 0.0499. The van der Waals surface area contributed by atoms with Gasteiger partial charge in [-0.25, -0.2) is 0 Å². The molecule has 1 aliphatic rings. The fraction of sp³-hybridized carbons (Fsp3) is 0.731. The Morgan fingerprint density at radius 3 is 2.03 bits per heavy atom. The zero-order chi connectivity index (χ0) is 24.2. The van der Waals surface area contributed by atoms with Crippen molar-refractivity contribution in [2.45, 2.75) is 91.9 Å². The first-order valence-corrected chi connectivity index (χ1v) is 14.2. The van der Waals surface area contributed by atoms with Gasteiger partial charge < -0.3 is 18.6 Å². The van der Waals surface area contributed by atoms with E-state index in [0.717, 1.165) is 24.8 Å². The summed E-state index contributed by atoms with van der Waals surface area (Å²) in [5.41, 5.74) is 1.18.